The van der Waals surface area contributed by atoms with E-state index in [1.165, 1.54) is 0 Å². The van der Waals surface area contributed by atoms with E-state index in [-0.39, 0.29) is 6.67 Å². The fraction of sp³-hybridized carbons (Fsp3) is 0.300. The zero-order valence-corrected chi connectivity index (χ0v) is 8.78. The summed E-state index contributed by atoms with van der Waals surface area (Å²) in [7, 11) is 0. The molecule has 12 heavy (non-hydrogen) atoms. The Labute approximate surface area is 80.9 Å². The van der Waals surface area contributed by atoms with Gasteiger partial charge in [0.1, 0.15) is 0 Å². The second kappa shape index (κ2) is 4.04. The number of alkyl halides is 1. The van der Waals surface area contributed by atoms with E-state index >= 15 is 0 Å². The van der Waals surface area contributed by atoms with Crippen LogP contribution >= 0.6 is 15.9 Å². The molecule has 0 atom stereocenters. The predicted octanol–water partition coefficient (Wildman–Crippen LogP) is 3.67. The Hall–Kier alpha value is -0.370. The van der Waals surface area contributed by atoms with E-state index in [2.05, 4.69) is 15.9 Å². The van der Waals surface area contributed by atoms with Gasteiger partial charge >= 0.3 is 0 Å². The first-order valence-corrected chi connectivity index (χ1v) is 4.59. The minimum Gasteiger partial charge on any atom is -0.250 e. The maximum absolute atomic E-state index is 12.3. The van der Waals surface area contributed by atoms with Gasteiger partial charge in [-0.1, -0.05) is 35.0 Å². The normalized spacial score (nSPS) is 10.8. The summed E-state index contributed by atoms with van der Waals surface area (Å²) >= 11 is 3.40. The molecule has 0 bridgehead atoms. The van der Waals surface area contributed by atoms with Crippen molar-refractivity contribution in [3.63, 3.8) is 0 Å². The molecular weight excluding hydrogens is 219 g/mol. The van der Waals surface area contributed by atoms with Crippen molar-refractivity contribution in [1.29, 1.82) is 0 Å². The monoisotopic (exact) mass is 229 g/mol. The van der Waals surface area contributed by atoms with E-state index in [0.29, 0.717) is 0 Å². The lowest BCUT2D eigenvalue weighted by molar-refractivity contribution is 0.516. The minimum atomic E-state index is -0.374. The van der Waals surface area contributed by atoms with E-state index in [9.17, 15) is 4.39 Å². The maximum atomic E-state index is 12.3. The highest BCUT2D eigenvalue weighted by Crippen LogP contribution is 2.21. The van der Waals surface area contributed by atoms with Crippen LogP contribution in [0.2, 0.25) is 0 Å². The smallest absolute Gasteiger partial charge is 0.0997 e. The summed E-state index contributed by atoms with van der Waals surface area (Å²) in [4.78, 5) is 0. The average molecular weight is 230 g/mol. The summed E-state index contributed by atoms with van der Waals surface area (Å²) in [5.74, 6) is 0.783. The molecule has 0 aliphatic carbocycles. The van der Waals surface area contributed by atoms with E-state index in [1.807, 2.05) is 32.0 Å². The van der Waals surface area contributed by atoms with Crippen molar-refractivity contribution in [2.75, 3.05) is 6.67 Å². The molecule has 0 fully saturated rings. The lowest BCUT2D eigenvalue weighted by Gasteiger charge is -2.07. The molecule has 65 valence electrons. The largest absolute Gasteiger partial charge is 0.250 e. The topological polar surface area (TPSA) is 0 Å². The van der Waals surface area contributed by atoms with Crippen LogP contribution < -0.4 is 0 Å². The molecule has 0 aromatic heterocycles. The molecule has 1 radical (unpaired) electrons. The van der Waals surface area contributed by atoms with Crippen molar-refractivity contribution in [1.82, 2.24) is 0 Å². The zero-order valence-electron chi connectivity index (χ0n) is 7.20. The first-order valence-electron chi connectivity index (χ1n) is 3.80. The Morgan fingerprint density at radius 1 is 1.50 bits per heavy atom. The van der Waals surface area contributed by atoms with Crippen LogP contribution in [0.15, 0.2) is 22.7 Å². The van der Waals surface area contributed by atoms with Crippen LogP contribution in [0.4, 0.5) is 4.39 Å². The fourth-order valence-corrected chi connectivity index (χ4v) is 1.23. The van der Waals surface area contributed by atoms with Gasteiger partial charge < -0.3 is 0 Å². The van der Waals surface area contributed by atoms with Gasteiger partial charge in [-0.3, -0.25) is 4.39 Å². The quantitative estimate of drug-likeness (QED) is 0.727. The van der Waals surface area contributed by atoms with Crippen LogP contribution in [-0.2, 0) is 0 Å². The van der Waals surface area contributed by atoms with Crippen LogP contribution in [0.1, 0.15) is 18.1 Å². The summed E-state index contributed by atoms with van der Waals surface area (Å²) in [5, 5.41) is 0. The number of rotatable bonds is 2. The summed E-state index contributed by atoms with van der Waals surface area (Å²) in [5.41, 5.74) is 2.12. The van der Waals surface area contributed by atoms with Crippen LogP contribution in [0.5, 0.6) is 0 Å². The van der Waals surface area contributed by atoms with Crippen molar-refractivity contribution in [3.8, 4) is 0 Å². The van der Waals surface area contributed by atoms with Crippen molar-refractivity contribution in [2.24, 2.45) is 0 Å². The molecule has 0 amide bonds. The Morgan fingerprint density at radius 2 is 2.17 bits per heavy atom. The SMILES string of the molecule is C[C](CF)c1ccc(Br)c(C)c1. The van der Waals surface area contributed by atoms with E-state index in [1.54, 1.807) is 0 Å². The molecule has 0 unspecified atom stereocenters. The van der Waals surface area contributed by atoms with Gasteiger partial charge in [0.25, 0.3) is 0 Å². The van der Waals surface area contributed by atoms with Crippen LogP contribution in [0.3, 0.4) is 0 Å². The zero-order chi connectivity index (χ0) is 9.14. The second-order valence-corrected chi connectivity index (χ2v) is 3.73. The molecule has 0 aliphatic rings. The third-order valence-electron chi connectivity index (χ3n) is 1.85. The minimum absolute atomic E-state index is 0.374. The summed E-state index contributed by atoms with van der Waals surface area (Å²) in [6.07, 6.45) is 0. The molecule has 0 heterocycles. The number of hydrogen-bond acceptors (Lipinski definition) is 0. The Morgan fingerprint density at radius 3 is 2.67 bits per heavy atom. The van der Waals surface area contributed by atoms with E-state index < -0.39 is 0 Å². The van der Waals surface area contributed by atoms with Crippen molar-refractivity contribution in [2.45, 2.75) is 13.8 Å². The van der Waals surface area contributed by atoms with Gasteiger partial charge in [0.15, 0.2) is 0 Å². The second-order valence-electron chi connectivity index (χ2n) is 2.88. The molecular formula is C10H11BrF. The Balaban J connectivity index is 2.96. The Kier molecular flexibility index (Phi) is 3.27. The summed E-state index contributed by atoms with van der Waals surface area (Å²) in [6.45, 7) is 3.43. The maximum Gasteiger partial charge on any atom is 0.0997 e. The Bertz CT molecular complexity index is 271. The molecule has 1 aromatic carbocycles. The fourth-order valence-electron chi connectivity index (χ4n) is 0.987. The van der Waals surface area contributed by atoms with Gasteiger partial charge in [-0.05, 0) is 24.1 Å². The number of benzene rings is 1. The highest BCUT2D eigenvalue weighted by molar-refractivity contribution is 9.10. The molecule has 0 nitrogen and oxygen atoms in total. The molecule has 2 heteroatoms. The van der Waals surface area contributed by atoms with Crippen molar-refractivity contribution in [3.05, 3.63) is 39.7 Å². The molecule has 0 saturated heterocycles. The molecule has 0 aliphatic heterocycles. The van der Waals surface area contributed by atoms with Gasteiger partial charge in [0.05, 0.1) is 6.67 Å². The van der Waals surface area contributed by atoms with Crippen LogP contribution in [0, 0.1) is 12.8 Å². The summed E-state index contributed by atoms with van der Waals surface area (Å²) in [6, 6.07) is 5.86. The van der Waals surface area contributed by atoms with Gasteiger partial charge in [-0.2, -0.15) is 0 Å². The molecule has 0 saturated carbocycles. The third kappa shape index (κ3) is 2.07. The molecule has 0 spiro atoms. The average Bonchev–Trinajstić information content (AvgIpc) is 2.08. The number of halogens is 2. The third-order valence-corrected chi connectivity index (χ3v) is 2.74. The summed E-state index contributed by atoms with van der Waals surface area (Å²) < 4.78 is 13.3. The lowest BCUT2D eigenvalue weighted by atomic mass is 10.0. The first kappa shape index (κ1) is 9.72. The van der Waals surface area contributed by atoms with Gasteiger partial charge in [0, 0.05) is 10.4 Å². The van der Waals surface area contributed by atoms with Crippen LogP contribution in [-0.4, -0.2) is 6.67 Å². The van der Waals surface area contributed by atoms with E-state index in [0.717, 1.165) is 21.5 Å². The van der Waals surface area contributed by atoms with E-state index in [4.69, 9.17) is 0 Å². The van der Waals surface area contributed by atoms with Gasteiger partial charge in [0.2, 0.25) is 0 Å². The number of aryl methyl sites for hydroxylation is 1. The molecule has 1 aromatic rings. The number of hydrogen-bond donors (Lipinski definition) is 0. The molecule has 0 N–H and O–H groups in total. The highest BCUT2D eigenvalue weighted by atomic mass is 79.9. The van der Waals surface area contributed by atoms with Gasteiger partial charge in [-0.25, -0.2) is 0 Å². The first-order chi connectivity index (χ1) is 5.65. The standard InChI is InChI=1S/C10H11BrF/c1-7-5-9(8(2)6-12)3-4-10(7)11/h3-5H,6H2,1-2H3. The van der Waals surface area contributed by atoms with Crippen molar-refractivity contribution < 1.29 is 4.39 Å². The van der Waals surface area contributed by atoms with Crippen LogP contribution in [0.25, 0.3) is 0 Å². The molecule has 1 rings (SSSR count). The van der Waals surface area contributed by atoms with Gasteiger partial charge in [-0.15, -0.1) is 0 Å². The predicted molar refractivity (Wildman–Crippen MR) is 52.9 cm³/mol. The highest BCUT2D eigenvalue weighted by Gasteiger charge is 2.06. The lowest BCUT2D eigenvalue weighted by Crippen LogP contribution is -1.96. The van der Waals surface area contributed by atoms with Crippen molar-refractivity contribution >= 4 is 15.9 Å².